The Labute approximate surface area is 163 Å². The Bertz CT molecular complexity index is 946. The van der Waals surface area contributed by atoms with Crippen molar-refractivity contribution < 1.29 is 14.7 Å². The van der Waals surface area contributed by atoms with Crippen LogP contribution in [0.5, 0.6) is 0 Å². The first-order chi connectivity index (χ1) is 13.5. The number of fused-ring (bicyclic) bond motifs is 1. The van der Waals surface area contributed by atoms with Gasteiger partial charge in [-0.15, -0.1) is 0 Å². The first-order valence-corrected chi connectivity index (χ1v) is 9.31. The van der Waals surface area contributed by atoms with E-state index in [1.807, 2.05) is 36.4 Å². The SMILES string of the molecule is CC(=O)N1CC(=O)N2[C@H](C1)[C@@H](c1ccc(-c3ccc(C#N)cc3)cc1)[C@@H]2CO. The van der Waals surface area contributed by atoms with Crippen molar-refractivity contribution in [3.8, 4) is 17.2 Å². The van der Waals surface area contributed by atoms with Gasteiger partial charge in [-0.25, -0.2) is 0 Å². The van der Waals surface area contributed by atoms with Crippen LogP contribution in [0.1, 0.15) is 24.0 Å². The van der Waals surface area contributed by atoms with Crippen molar-refractivity contribution in [2.45, 2.75) is 24.9 Å². The minimum Gasteiger partial charge on any atom is -0.394 e. The fourth-order valence-electron chi connectivity index (χ4n) is 4.37. The average molecular weight is 375 g/mol. The molecule has 2 heterocycles. The summed E-state index contributed by atoms with van der Waals surface area (Å²) in [5.41, 5.74) is 3.73. The number of rotatable bonds is 3. The molecule has 0 saturated carbocycles. The number of carbonyl (C=O) groups excluding carboxylic acids is 2. The Morgan fingerprint density at radius 2 is 1.75 bits per heavy atom. The number of hydrogen-bond donors (Lipinski definition) is 1. The van der Waals surface area contributed by atoms with Crippen molar-refractivity contribution in [2.24, 2.45) is 0 Å². The van der Waals surface area contributed by atoms with E-state index in [1.54, 1.807) is 21.9 Å². The second-order valence-corrected chi connectivity index (χ2v) is 7.35. The van der Waals surface area contributed by atoms with Gasteiger partial charge >= 0.3 is 0 Å². The molecule has 2 saturated heterocycles. The maximum atomic E-state index is 12.4. The van der Waals surface area contributed by atoms with Gasteiger partial charge in [-0.05, 0) is 28.8 Å². The van der Waals surface area contributed by atoms with Crippen molar-refractivity contribution >= 4 is 11.8 Å². The third-order valence-electron chi connectivity index (χ3n) is 5.84. The van der Waals surface area contributed by atoms with E-state index in [4.69, 9.17) is 5.26 Å². The minimum absolute atomic E-state index is 0.00566. The number of benzene rings is 2. The van der Waals surface area contributed by atoms with Crippen molar-refractivity contribution in [3.05, 3.63) is 59.7 Å². The van der Waals surface area contributed by atoms with Crippen LogP contribution in [0.4, 0.5) is 0 Å². The van der Waals surface area contributed by atoms with Gasteiger partial charge in [0.25, 0.3) is 0 Å². The minimum atomic E-state index is -0.243. The van der Waals surface area contributed by atoms with Gasteiger partial charge in [-0.3, -0.25) is 9.59 Å². The number of aliphatic hydroxyl groups excluding tert-OH is 1. The van der Waals surface area contributed by atoms with Gasteiger partial charge in [0.1, 0.15) is 0 Å². The second kappa shape index (κ2) is 7.10. The van der Waals surface area contributed by atoms with Crippen molar-refractivity contribution in [1.29, 1.82) is 5.26 Å². The Hall–Kier alpha value is -3.17. The fraction of sp³-hybridized carbons (Fsp3) is 0.318. The van der Waals surface area contributed by atoms with E-state index in [9.17, 15) is 14.7 Å². The molecule has 28 heavy (non-hydrogen) atoms. The van der Waals surface area contributed by atoms with E-state index in [0.29, 0.717) is 12.1 Å². The van der Waals surface area contributed by atoms with Crippen LogP contribution in [0.15, 0.2) is 48.5 Å². The van der Waals surface area contributed by atoms with Gasteiger partial charge in [-0.1, -0.05) is 36.4 Å². The molecule has 0 spiro atoms. The molecule has 2 aliphatic rings. The van der Waals surface area contributed by atoms with E-state index in [0.717, 1.165) is 16.7 Å². The second-order valence-electron chi connectivity index (χ2n) is 7.35. The molecule has 1 N–H and O–H groups in total. The summed E-state index contributed by atoms with van der Waals surface area (Å²) in [6, 6.07) is 17.3. The Morgan fingerprint density at radius 3 is 2.29 bits per heavy atom. The van der Waals surface area contributed by atoms with Crippen molar-refractivity contribution in [3.63, 3.8) is 0 Å². The molecule has 2 amide bonds. The Balaban J connectivity index is 1.58. The lowest BCUT2D eigenvalue weighted by Gasteiger charge is -2.58. The summed E-state index contributed by atoms with van der Waals surface area (Å²) in [5, 5.41) is 18.8. The van der Waals surface area contributed by atoms with Gasteiger partial charge in [0.05, 0.1) is 36.9 Å². The van der Waals surface area contributed by atoms with Gasteiger partial charge in [0.2, 0.25) is 11.8 Å². The zero-order valence-electron chi connectivity index (χ0n) is 15.6. The quantitative estimate of drug-likeness (QED) is 0.886. The van der Waals surface area contributed by atoms with Crippen LogP contribution in [-0.4, -0.2) is 58.5 Å². The van der Waals surface area contributed by atoms with E-state index in [1.165, 1.54) is 6.92 Å². The van der Waals surface area contributed by atoms with Gasteiger partial charge in [0, 0.05) is 19.4 Å². The number of piperazine rings is 1. The summed E-state index contributed by atoms with van der Waals surface area (Å²) < 4.78 is 0. The molecule has 142 valence electrons. The van der Waals surface area contributed by atoms with Crippen LogP contribution in [0.25, 0.3) is 11.1 Å². The highest BCUT2D eigenvalue weighted by molar-refractivity contribution is 5.87. The summed E-state index contributed by atoms with van der Waals surface area (Å²) in [6.45, 7) is 1.98. The highest BCUT2D eigenvalue weighted by Crippen LogP contribution is 2.43. The fourth-order valence-corrected chi connectivity index (χ4v) is 4.37. The van der Waals surface area contributed by atoms with Gasteiger partial charge < -0.3 is 14.9 Å². The molecular weight excluding hydrogens is 354 g/mol. The first-order valence-electron chi connectivity index (χ1n) is 9.31. The molecule has 0 radical (unpaired) electrons. The number of carbonyl (C=O) groups is 2. The molecule has 2 aliphatic heterocycles. The van der Waals surface area contributed by atoms with Crippen molar-refractivity contribution in [1.82, 2.24) is 9.80 Å². The van der Waals surface area contributed by atoms with E-state index in [-0.39, 0.29) is 43.0 Å². The summed E-state index contributed by atoms with van der Waals surface area (Å²) in [7, 11) is 0. The smallest absolute Gasteiger partial charge is 0.242 e. The molecule has 2 aromatic rings. The molecule has 0 bridgehead atoms. The van der Waals surface area contributed by atoms with Crippen LogP contribution in [0, 0.1) is 11.3 Å². The van der Waals surface area contributed by atoms with E-state index < -0.39 is 0 Å². The molecule has 0 aliphatic carbocycles. The normalized spacial score (nSPS) is 23.6. The van der Waals surface area contributed by atoms with Crippen molar-refractivity contribution in [2.75, 3.05) is 19.7 Å². The maximum Gasteiger partial charge on any atom is 0.242 e. The molecule has 2 fully saturated rings. The largest absolute Gasteiger partial charge is 0.394 e. The number of nitrogens with zero attached hydrogens (tertiary/aromatic N) is 3. The number of nitriles is 1. The standard InChI is InChI=1S/C22H21N3O3/c1-14(27)24-11-19-22(20(13-26)25(19)21(28)12-24)18-8-6-17(7-9-18)16-4-2-15(10-23)3-5-16/h2-9,19-20,22,26H,11-13H2,1H3/t19-,20+,22-/m1/s1. The van der Waals surface area contributed by atoms with Crippen LogP contribution in [-0.2, 0) is 9.59 Å². The lowest BCUT2D eigenvalue weighted by Crippen LogP contribution is -2.73. The van der Waals surface area contributed by atoms with Crippen LogP contribution < -0.4 is 0 Å². The number of aliphatic hydroxyl groups is 1. The Kier molecular flexibility index (Phi) is 4.62. The zero-order chi connectivity index (χ0) is 19.8. The highest BCUT2D eigenvalue weighted by atomic mass is 16.3. The van der Waals surface area contributed by atoms with Crippen LogP contribution in [0.3, 0.4) is 0 Å². The summed E-state index contributed by atoms with van der Waals surface area (Å²) in [6.07, 6.45) is 0. The molecule has 2 aromatic carbocycles. The molecule has 0 aromatic heterocycles. The molecule has 6 heteroatoms. The maximum absolute atomic E-state index is 12.4. The van der Waals surface area contributed by atoms with E-state index in [2.05, 4.69) is 6.07 Å². The lowest BCUT2D eigenvalue weighted by molar-refractivity contribution is -0.166. The van der Waals surface area contributed by atoms with Crippen LogP contribution >= 0.6 is 0 Å². The predicted molar refractivity (Wildman–Crippen MR) is 103 cm³/mol. The van der Waals surface area contributed by atoms with E-state index >= 15 is 0 Å². The number of amides is 2. The average Bonchev–Trinajstić information content (AvgIpc) is 2.70. The zero-order valence-corrected chi connectivity index (χ0v) is 15.6. The molecule has 6 nitrogen and oxygen atoms in total. The monoisotopic (exact) mass is 375 g/mol. The highest BCUT2D eigenvalue weighted by Gasteiger charge is 2.54. The number of hydrogen-bond acceptors (Lipinski definition) is 4. The predicted octanol–water partition coefficient (Wildman–Crippen LogP) is 1.74. The Morgan fingerprint density at radius 1 is 1.14 bits per heavy atom. The first kappa shape index (κ1) is 18.2. The van der Waals surface area contributed by atoms with Gasteiger partial charge in [-0.2, -0.15) is 5.26 Å². The molecule has 4 rings (SSSR count). The topological polar surface area (TPSA) is 84.6 Å². The lowest BCUT2D eigenvalue weighted by atomic mass is 9.73. The van der Waals surface area contributed by atoms with Gasteiger partial charge in [0.15, 0.2) is 0 Å². The third kappa shape index (κ3) is 2.94. The molecule has 3 atom stereocenters. The molecular formula is C22H21N3O3. The summed E-state index contributed by atoms with van der Waals surface area (Å²) >= 11 is 0. The molecule has 0 unspecified atom stereocenters. The summed E-state index contributed by atoms with van der Waals surface area (Å²) in [4.78, 5) is 27.5. The summed E-state index contributed by atoms with van der Waals surface area (Å²) in [5.74, 6) is -0.197. The third-order valence-corrected chi connectivity index (χ3v) is 5.84. The van der Waals surface area contributed by atoms with Crippen LogP contribution in [0.2, 0.25) is 0 Å².